The van der Waals surface area contributed by atoms with Crippen molar-refractivity contribution in [2.75, 3.05) is 13.7 Å². The third-order valence-electron chi connectivity index (χ3n) is 2.16. The molecule has 1 aromatic heterocycles. The number of nitrogens with one attached hydrogen (secondary N) is 1. The number of aliphatic hydroxyl groups is 1. The second kappa shape index (κ2) is 6.05. The molecule has 0 saturated carbocycles. The van der Waals surface area contributed by atoms with Gasteiger partial charge in [0, 0.05) is 17.0 Å². The minimum absolute atomic E-state index is 0.249. The highest BCUT2D eigenvalue weighted by molar-refractivity contribution is 7.06. The van der Waals surface area contributed by atoms with E-state index in [1.54, 1.807) is 14.0 Å². The standard InChI is InChI=1S/C10H18N2O2S/c1-7(13)4-5-11-8(2)9-6-10(14-3)12-15-9/h6-8,11,13H,4-5H2,1-3H3. The van der Waals surface area contributed by atoms with E-state index >= 15 is 0 Å². The topological polar surface area (TPSA) is 54.4 Å². The van der Waals surface area contributed by atoms with E-state index < -0.39 is 0 Å². The van der Waals surface area contributed by atoms with Crippen LogP contribution in [-0.2, 0) is 0 Å². The number of methoxy groups -OCH3 is 1. The number of ether oxygens (including phenoxy) is 1. The van der Waals surface area contributed by atoms with E-state index in [9.17, 15) is 0 Å². The molecule has 0 fully saturated rings. The molecule has 0 aliphatic carbocycles. The Morgan fingerprint density at radius 1 is 1.60 bits per heavy atom. The van der Waals surface area contributed by atoms with Crippen LogP contribution in [0.1, 0.15) is 31.2 Å². The van der Waals surface area contributed by atoms with Gasteiger partial charge in [-0.15, -0.1) is 0 Å². The average Bonchev–Trinajstić information content (AvgIpc) is 2.65. The summed E-state index contributed by atoms with van der Waals surface area (Å²) in [5.41, 5.74) is 0. The average molecular weight is 230 g/mol. The first-order valence-electron chi connectivity index (χ1n) is 5.05. The lowest BCUT2D eigenvalue weighted by atomic mass is 10.2. The monoisotopic (exact) mass is 230 g/mol. The molecule has 5 heteroatoms. The Balaban J connectivity index is 2.36. The first kappa shape index (κ1) is 12.4. The zero-order valence-electron chi connectivity index (χ0n) is 9.36. The minimum atomic E-state index is -0.249. The van der Waals surface area contributed by atoms with Crippen LogP contribution in [0.25, 0.3) is 0 Å². The van der Waals surface area contributed by atoms with Crippen molar-refractivity contribution in [2.24, 2.45) is 0 Å². The Bertz CT molecular complexity index is 289. The van der Waals surface area contributed by atoms with Gasteiger partial charge in [-0.2, -0.15) is 4.37 Å². The van der Waals surface area contributed by atoms with Gasteiger partial charge in [-0.25, -0.2) is 0 Å². The molecule has 0 amide bonds. The van der Waals surface area contributed by atoms with E-state index in [0.717, 1.165) is 17.8 Å². The third kappa shape index (κ3) is 4.15. The van der Waals surface area contributed by atoms with E-state index in [2.05, 4.69) is 16.6 Å². The molecule has 0 bridgehead atoms. The molecule has 1 aromatic rings. The van der Waals surface area contributed by atoms with Gasteiger partial charge < -0.3 is 15.2 Å². The molecule has 0 saturated heterocycles. The van der Waals surface area contributed by atoms with Gasteiger partial charge >= 0.3 is 0 Å². The summed E-state index contributed by atoms with van der Waals surface area (Å²) >= 11 is 1.44. The van der Waals surface area contributed by atoms with Crippen molar-refractivity contribution in [3.05, 3.63) is 10.9 Å². The highest BCUT2D eigenvalue weighted by Gasteiger charge is 2.09. The third-order valence-corrected chi connectivity index (χ3v) is 3.11. The molecule has 2 N–H and O–H groups in total. The maximum absolute atomic E-state index is 9.11. The van der Waals surface area contributed by atoms with Gasteiger partial charge in [0.15, 0.2) is 0 Å². The highest BCUT2D eigenvalue weighted by Crippen LogP contribution is 2.22. The smallest absolute Gasteiger partial charge is 0.225 e. The van der Waals surface area contributed by atoms with Crippen LogP contribution in [0.5, 0.6) is 5.88 Å². The van der Waals surface area contributed by atoms with Crippen LogP contribution in [0, 0.1) is 0 Å². The lowest BCUT2D eigenvalue weighted by Gasteiger charge is -2.11. The number of nitrogens with zero attached hydrogens (tertiary/aromatic N) is 1. The maximum atomic E-state index is 9.11. The van der Waals surface area contributed by atoms with Gasteiger partial charge in [0.1, 0.15) is 0 Å². The molecule has 2 atom stereocenters. The largest absolute Gasteiger partial charge is 0.480 e. The predicted molar refractivity (Wildman–Crippen MR) is 61.4 cm³/mol. The Kier molecular flexibility index (Phi) is 5.01. The summed E-state index contributed by atoms with van der Waals surface area (Å²) in [5, 5.41) is 12.4. The SMILES string of the molecule is COc1cc(C(C)NCCC(C)O)sn1. The lowest BCUT2D eigenvalue weighted by Crippen LogP contribution is -2.21. The second-order valence-corrected chi connectivity index (χ2v) is 4.42. The Morgan fingerprint density at radius 2 is 2.33 bits per heavy atom. The van der Waals surface area contributed by atoms with Crippen molar-refractivity contribution < 1.29 is 9.84 Å². The fraction of sp³-hybridized carbons (Fsp3) is 0.700. The van der Waals surface area contributed by atoms with Crippen LogP contribution in [0.2, 0.25) is 0 Å². The molecular formula is C10H18N2O2S. The van der Waals surface area contributed by atoms with E-state index in [1.807, 2.05) is 6.07 Å². The molecule has 0 spiro atoms. The van der Waals surface area contributed by atoms with Crippen LogP contribution in [0.3, 0.4) is 0 Å². The van der Waals surface area contributed by atoms with Crippen molar-refractivity contribution in [3.63, 3.8) is 0 Å². The summed E-state index contributed by atoms with van der Waals surface area (Å²) in [6, 6.07) is 2.19. The zero-order chi connectivity index (χ0) is 11.3. The van der Waals surface area contributed by atoms with E-state index in [4.69, 9.17) is 9.84 Å². The fourth-order valence-electron chi connectivity index (χ4n) is 1.18. The molecule has 15 heavy (non-hydrogen) atoms. The van der Waals surface area contributed by atoms with Crippen molar-refractivity contribution >= 4 is 11.5 Å². The van der Waals surface area contributed by atoms with Crippen molar-refractivity contribution in [2.45, 2.75) is 32.4 Å². The van der Waals surface area contributed by atoms with Crippen LogP contribution < -0.4 is 10.1 Å². The van der Waals surface area contributed by atoms with E-state index in [0.29, 0.717) is 5.88 Å². The van der Waals surface area contributed by atoms with Crippen LogP contribution in [0.15, 0.2) is 6.07 Å². The molecule has 0 aliphatic rings. The van der Waals surface area contributed by atoms with Crippen LogP contribution in [-0.4, -0.2) is 29.2 Å². The number of aromatic nitrogens is 1. The van der Waals surface area contributed by atoms with Gasteiger partial charge in [0.2, 0.25) is 5.88 Å². The Hall–Kier alpha value is -0.650. The van der Waals surface area contributed by atoms with Gasteiger partial charge in [-0.3, -0.25) is 0 Å². The van der Waals surface area contributed by atoms with Gasteiger partial charge in [0.05, 0.1) is 13.2 Å². The van der Waals surface area contributed by atoms with Crippen molar-refractivity contribution in [1.82, 2.24) is 9.69 Å². The summed E-state index contributed by atoms with van der Waals surface area (Å²) in [4.78, 5) is 1.15. The number of hydrogen-bond acceptors (Lipinski definition) is 5. The van der Waals surface area contributed by atoms with Crippen LogP contribution in [0.4, 0.5) is 0 Å². The number of rotatable bonds is 6. The summed E-state index contributed by atoms with van der Waals surface area (Å²) in [6.07, 6.45) is 0.515. The Morgan fingerprint density at radius 3 is 2.87 bits per heavy atom. The molecule has 1 rings (SSSR count). The summed E-state index contributed by atoms with van der Waals surface area (Å²) < 4.78 is 9.15. The van der Waals surface area contributed by atoms with Gasteiger partial charge in [-0.05, 0) is 38.3 Å². The van der Waals surface area contributed by atoms with Crippen molar-refractivity contribution in [1.29, 1.82) is 0 Å². The predicted octanol–water partition coefficient (Wildman–Crippen LogP) is 1.57. The van der Waals surface area contributed by atoms with Gasteiger partial charge in [-0.1, -0.05) is 0 Å². The van der Waals surface area contributed by atoms with Crippen molar-refractivity contribution in [3.8, 4) is 5.88 Å². The van der Waals surface area contributed by atoms with E-state index in [-0.39, 0.29) is 12.1 Å². The zero-order valence-corrected chi connectivity index (χ0v) is 10.2. The first-order valence-corrected chi connectivity index (χ1v) is 5.83. The summed E-state index contributed by atoms with van der Waals surface area (Å²) in [7, 11) is 1.62. The molecular weight excluding hydrogens is 212 g/mol. The molecule has 4 nitrogen and oxygen atoms in total. The lowest BCUT2D eigenvalue weighted by molar-refractivity contribution is 0.182. The summed E-state index contributed by atoms with van der Waals surface area (Å²) in [6.45, 7) is 4.68. The Labute approximate surface area is 94.4 Å². The highest BCUT2D eigenvalue weighted by atomic mass is 32.1. The number of aliphatic hydroxyl groups excluding tert-OH is 1. The molecule has 86 valence electrons. The fourth-order valence-corrected chi connectivity index (χ4v) is 1.90. The molecule has 0 radical (unpaired) electrons. The number of hydrogen-bond donors (Lipinski definition) is 2. The first-order chi connectivity index (χ1) is 7.13. The molecule has 1 heterocycles. The normalized spacial score (nSPS) is 14.9. The van der Waals surface area contributed by atoms with Crippen LogP contribution >= 0.6 is 11.5 Å². The molecule has 0 aromatic carbocycles. The van der Waals surface area contributed by atoms with E-state index in [1.165, 1.54) is 11.5 Å². The molecule has 2 unspecified atom stereocenters. The second-order valence-electron chi connectivity index (χ2n) is 3.59. The van der Waals surface area contributed by atoms with Gasteiger partial charge in [0.25, 0.3) is 0 Å². The summed E-state index contributed by atoms with van der Waals surface area (Å²) in [5.74, 6) is 0.666. The quantitative estimate of drug-likeness (QED) is 0.779. The molecule has 0 aliphatic heterocycles. The maximum Gasteiger partial charge on any atom is 0.225 e. The minimum Gasteiger partial charge on any atom is -0.480 e.